The fourth-order valence-corrected chi connectivity index (χ4v) is 3.27. The first-order chi connectivity index (χ1) is 13.5. The zero-order valence-corrected chi connectivity index (χ0v) is 19.6. The van der Waals surface area contributed by atoms with Gasteiger partial charge in [0.15, 0.2) is 0 Å². The lowest BCUT2D eigenvalue weighted by Gasteiger charge is -2.09. The minimum absolute atomic E-state index is 0.603. The number of aryl methyl sites for hydroxylation is 2. The Kier molecular flexibility index (Phi) is 12.9. The van der Waals surface area contributed by atoms with Gasteiger partial charge in [-0.15, -0.1) is 0 Å². The number of fused-ring (bicyclic) bond motifs is 1. The second-order valence-corrected chi connectivity index (χ2v) is 6.71. The molecule has 2 heteroatoms. The van der Waals surface area contributed by atoms with E-state index in [1.165, 1.54) is 33.9 Å². The van der Waals surface area contributed by atoms with E-state index in [1.807, 2.05) is 33.8 Å². The first-order valence-electron chi connectivity index (χ1n) is 10.9. The van der Waals surface area contributed by atoms with Crippen LogP contribution in [0.5, 0.6) is 0 Å². The van der Waals surface area contributed by atoms with Crippen LogP contribution in [0.1, 0.15) is 84.3 Å². The number of hydrogen-bond acceptors (Lipinski definition) is 2. The molecule has 0 aliphatic carbocycles. The van der Waals surface area contributed by atoms with Crippen molar-refractivity contribution in [1.29, 1.82) is 5.41 Å². The average Bonchev–Trinajstić information content (AvgIpc) is 3.09. The summed E-state index contributed by atoms with van der Waals surface area (Å²) in [6.45, 7) is 18.9. The van der Waals surface area contributed by atoms with Gasteiger partial charge in [0.25, 0.3) is 0 Å². The third-order valence-electron chi connectivity index (χ3n) is 4.47. The maximum Gasteiger partial charge on any atom is 0.138 e. The molecule has 1 N–H and O–H groups in total. The van der Waals surface area contributed by atoms with Crippen molar-refractivity contribution in [2.75, 3.05) is 0 Å². The molecule has 28 heavy (non-hydrogen) atoms. The Hall–Kier alpha value is -2.09. The molecule has 0 unspecified atom stereocenters. The Morgan fingerprint density at radius 3 is 2.25 bits per heavy atom. The van der Waals surface area contributed by atoms with Gasteiger partial charge >= 0.3 is 0 Å². The predicted octanol–water partition coefficient (Wildman–Crippen LogP) is 8.55. The van der Waals surface area contributed by atoms with Crippen LogP contribution in [0.2, 0.25) is 0 Å². The van der Waals surface area contributed by atoms with Gasteiger partial charge in [0.05, 0.1) is 0 Å². The van der Waals surface area contributed by atoms with E-state index in [0.29, 0.717) is 5.92 Å². The highest BCUT2D eigenvalue weighted by Gasteiger charge is 2.19. The fourth-order valence-electron chi connectivity index (χ4n) is 3.27. The third kappa shape index (κ3) is 6.51. The largest absolute Gasteiger partial charge is 0.456 e. The Bertz CT molecular complexity index is 775. The van der Waals surface area contributed by atoms with Crippen LogP contribution in [0, 0.1) is 18.3 Å². The van der Waals surface area contributed by atoms with Crippen LogP contribution < -0.4 is 0 Å². The van der Waals surface area contributed by atoms with E-state index < -0.39 is 0 Å². The summed E-state index contributed by atoms with van der Waals surface area (Å²) in [6.07, 6.45) is 10.1. The van der Waals surface area contributed by atoms with Crippen molar-refractivity contribution < 1.29 is 4.42 Å². The highest BCUT2D eigenvalue weighted by Crippen LogP contribution is 2.36. The molecular weight excluding hydrogens is 342 g/mol. The van der Waals surface area contributed by atoms with E-state index in [0.717, 1.165) is 30.6 Å². The summed E-state index contributed by atoms with van der Waals surface area (Å²) in [6, 6.07) is 4.38. The molecule has 2 aromatic rings. The van der Waals surface area contributed by atoms with E-state index in [2.05, 4.69) is 52.8 Å². The standard InChI is InChI=1S/C22H29NO.2C2H6/c1-6-17(14-15(3)4)21-18(7-2)20-12-11-16(5)19(22(20)24-21)10-8-9-13-23;2*1-2/h6,8-9,11-13,15,23H,7,10,14H2,1-5H3;2*1-2H3/b9-8-,17-6-,23-13?;;. The second kappa shape index (κ2) is 14.0. The molecule has 0 spiro atoms. The number of rotatable bonds is 7. The highest BCUT2D eigenvalue weighted by atomic mass is 16.3. The highest BCUT2D eigenvalue weighted by molar-refractivity contribution is 5.89. The van der Waals surface area contributed by atoms with E-state index in [9.17, 15) is 0 Å². The summed E-state index contributed by atoms with van der Waals surface area (Å²) >= 11 is 0. The average molecular weight is 384 g/mol. The third-order valence-corrected chi connectivity index (χ3v) is 4.47. The van der Waals surface area contributed by atoms with Crippen molar-refractivity contribution in [1.82, 2.24) is 0 Å². The molecule has 1 aromatic carbocycles. The molecule has 2 rings (SSSR count). The molecule has 0 bridgehead atoms. The molecule has 0 atom stereocenters. The van der Waals surface area contributed by atoms with E-state index in [-0.39, 0.29) is 0 Å². The van der Waals surface area contributed by atoms with Crippen LogP contribution in [-0.2, 0) is 12.8 Å². The molecule has 156 valence electrons. The van der Waals surface area contributed by atoms with Gasteiger partial charge in [0, 0.05) is 22.7 Å². The maximum absolute atomic E-state index is 7.16. The first kappa shape index (κ1) is 25.9. The Morgan fingerprint density at radius 2 is 1.75 bits per heavy atom. The van der Waals surface area contributed by atoms with Gasteiger partial charge in [-0.3, -0.25) is 0 Å². The molecule has 0 radical (unpaired) electrons. The predicted molar refractivity (Wildman–Crippen MR) is 128 cm³/mol. The maximum atomic E-state index is 7.16. The Labute approximate surface area is 173 Å². The van der Waals surface area contributed by atoms with Crippen molar-refractivity contribution in [2.24, 2.45) is 5.92 Å². The number of nitrogens with one attached hydrogen (secondary N) is 1. The molecule has 0 saturated heterocycles. The van der Waals surface area contributed by atoms with Crippen molar-refractivity contribution >= 4 is 22.8 Å². The van der Waals surface area contributed by atoms with Gasteiger partial charge < -0.3 is 9.83 Å². The van der Waals surface area contributed by atoms with Crippen LogP contribution in [0.25, 0.3) is 16.5 Å². The zero-order valence-electron chi connectivity index (χ0n) is 19.6. The summed E-state index contributed by atoms with van der Waals surface area (Å²) in [5.41, 5.74) is 6.10. The number of benzene rings is 1. The quantitative estimate of drug-likeness (QED) is 0.478. The molecule has 0 aliphatic rings. The van der Waals surface area contributed by atoms with Crippen LogP contribution in [0.3, 0.4) is 0 Å². The van der Waals surface area contributed by atoms with Crippen molar-refractivity contribution in [3.05, 3.63) is 52.8 Å². The summed E-state index contributed by atoms with van der Waals surface area (Å²) in [5, 5.41) is 8.39. The summed E-state index contributed by atoms with van der Waals surface area (Å²) in [4.78, 5) is 0. The molecule has 2 nitrogen and oxygen atoms in total. The van der Waals surface area contributed by atoms with Crippen LogP contribution in [-0.4, -0.2) is 6.21 Å². The molecule has 0 amide bonds. The molecule has 0 saturated carbocycles. The van der Waals surface area contributed by atoms with E-state index >= 15 is 0 Å². The SMILES string of the molecule is C/C=C(/CC(C)C)c1oc2c(C/C=C\C=N)c(C)ccc2c1CC.CC.CC. The topological polar surface area (TPSA) is 37.0 Å². The number of furan rings is 1. The second-order valence-electron chi connectivity index (χ2n) is 6.71. The summed E-state index contributed by atoms with van der Waals surface area (Å²) in [5.74, 6) is 1.66. The summed E-state index contributed by atoms with van der Waals surface area (Å²) < 4.78 is 6.43. The van der Waals surface area contributed by atoms with Crippen LogP contribution >= 0.6 is 0 Å². The fraction of sp³-hybridized carbons (Fsp3) is 0.500. The molecule has 1 heterocycles. The zero-order chi connectivity index (χ0) is 21.7. The smallest absolute Gasteiger partial charge is 0.138 e. The number of allylic oxidation sites excluding steroid dienone is 4. The number of hydrogen-bond donors (Lipinski definition) is 1. The van der Waals surface area contributed by atoms with Crippen LogP contribution in [0.4, 0.5) is 0 Å². The lowest BCUT2D eigenvalue weighted by molar-refractivity contribution is 0.575. The van der Waals surface area contributed by atoms with Gasteiger partial charge in [0.2, 0.25) is 0 Å². The van der Waals surface area contributed by atoms with E-state index in [1.54, 1.807) is 6.08 Å². The van der Waals surface area contributed by atoms with Crippen LogP contribution in [0.15, 0.2) is 34.8 Å². The minimum atomic E-state index is 0.603. The first-order valence-corrected chi connectivity index (χ1v) is 10.9. The summed E-state index contributed by atoms with van der Waals surface area (Å²) in [7, 11) is 0. The Morgan fingerprint density at radius 1 is 1.11 bits per heavy atom. The van der Waals surface area contributed by atoms with Gasteiger partial charge in [-0.2, -0.15) is 0 Å². The van der Waals surface area contributed by atoms with Crippen molar-refractivity contribution in [3.8, 4) is 0 Å². The van der Waals surface area contributed by atoms with Gasteiger partial charge in [-0.1, -0.05) is 72.8 Å². The van der Waals surface area contributed by atoms with Crippen molar-refractivity contribution in [3.63, 3.8) is 0 Å². The van der Waals surface area contributed by atoms with Gasteiger partial charge in [0.1, 0.15) is 11.3 Å². The lowest BCUT2D eigenvalue weighted by Crippen LogP contribution is -1.93. The molecule has 0 fully saturated rings. The minimum Gasteiger partial charge on any atom is -0.456 e. The lowest BCUT2D eigenvalue weighted by atomic mass is 9.95. The van der Waals surface area contributed by atoms with Crippen molar-refractivity contribution in [2.45, 2.75) is 81.6 Å². The monoisotopic (exact) mass is 383 g/mol. The molecular formula is C26H41NO. The van der Waals surface area contributed by atoms with E-state index in [4.69, 9.17) is 9.83 Å². The molecule has 1 aromatic heterocycles. The Balaban J connectivity index is 0.00000171. The molecule has 0 aliphatic heterocycles. The van der Waals surface area contributed by atoms with Gasteiger partial charge in [-0.05, 0) is 56.2 Å². The van der Waals surface area contributed by atoms with Gasteiger partial charge in [-0.25, -0.2) is 0 Å². The normalized spacial score (nSPS) is 11.3.